The van der Waals surface area contributed by atoms with Gasteiger partial charge in [-0.3, -0.25) is 0 Å². The average Bonchev–Trinajstić information content (AvgIpc) is 2.60. The van der Waals surface area contributed by atoms with Gasteiger partial charge in [0.15, 0.2) is 0 Å². The van der Waals surface area contributed by atoms with Crippen LogP contribution in [0.15, 0.2) is 42.5 Å². The number of pyridine rings is 1. The summed E-state index contributed by atoms with van der Waals surface area (Å²) in [5.41, 5.74) is 3.99. The molecule has 0 fully saturated rings. The van der Waals surface area contributed by atoms with Gasteiger partial charge in [0.25, 0.3) is 0 Å². The van der Waals surface area contributed by atoms with Crippen LogP contribution in [0.1, 0.15) is 27.2 Å². The Labute approximate surface area is 141 Å². The summed E-state index contributed by atoms with van der Waals surface area (Å²) in [6, 6.07) is 13.0. The van der Waals surface area contributed by atoms with Gasteiger partial charge in [-0.15, -0.1) is 0 Å². The molecule has 24 heavy (non-hydrogen) atoms. The number of aromatic nitrogens is 1. The van der Waals surface area contributed by atoms with E-state index in [2.05, 4.69) is 4.98 Å². The summed E-state index contributed by atoms with van der Waals surface area (Å²) in [7, 11) is 1.62. The minimum absolute atomic E-state index is 0.285. The Hall–Kier alpha value is -2.88. The van der Waals surface area contributed by atoms with Gasteiger partial charge in [0.05, 0.1) is 12.6 Å². The second kappa shape index (κ2) is 6.32. The lowest BCUT2D eigenvalue weighted by Gasteiger charge is -2.12. The van der Waals surface area contributed by atoms with Crippen LogP contribution in [0.4, 0.5) is 0 Å². The van der Waals surface area contributed by atoms with Crippen molar-refractivity contribution in [1.82, 2.24) is 4.98 Å². The SMILES string of the molecule is COc1ccc2nc(C(=O)Oc3c(C)ccc(C)c3C)ccc2c1. The Morgan fingerprint density at radius 3 is 2.46 bits per heavy atom. The van der Waals surface area contributed by atoms with E-state index in [9.17, 15) is 4.79 Å². The van der Waals surface area contributed by atoms with Gasteiger partial charge < -0.3 is 9.47 Å². The first kappa shape index (κ1) is 16.0. The number of carbonyl (C=O) groups is 1. The van der Waals surface area contributed by atoms with Crippen molar-refractivity contribution in [3.05, 3.63) is 64.8 Å². The molecule has 0 N–H and O–H groups in total. The van der Waals surface area contributed by atoms with Crippen molar-refractivity contribution < 1.29 is 14.3 Å². The van der Waals surface area contributed by atoms with E-state index in [0.29, 0.717) is 5.75 Å². The molecule has 0 bridgehead atoms. The van der Waals surface area contributed by atoms with Crippen molar-refractivity contribution in [1.29, 1.82) is 0 Å². The number of fused-ring (bicyclic) bond motifs is 1. The topological polar surface area (TPSA) is 48.4 Å². The molecule has 0 amide bonds. The monoisotopic (exact) mass is 321 g/mol. The zero-order valence-corrected chi connectivity index (χ0v) is 14.2. The first-order valence-electron chi connectivity index (χ1n) is 7.73. The highest BCUT2D eigenvalue weighted by molar-refractivity contribution is 5.92. The molecule has 4 nitrogen and oxygen atoms in total. The summed E-state index contributed by atoms with van der Waals surface area (Å²) in [6.07, 6.45) is 0. The Kier molecular flexibility index (Phi) is 4.21. The molecular formula is C20H19NO3. The molecule has 0 saturated carbocycles. The highest BCUT2D eigenvalue weighted by atomic mass is 16.5. The lowest BCUT2D eigenvalue weighted by atomic mass is 10.1. The van der Waals surface area contributed by atoms with Crippen molar-refractivity contribution in [2.24, 2.45) is 0 Å². The van der Waals surface area contributed by atoms with Crippen LogP contribution in [0.2, 0.25) is 0 Å². The number of hydrogen-bond donors (Lipinski definition) is 0. The molecule has 1 heterocycles. The van der Waals surface area contributed by atoms with Crippen LogP contribution in [0.5, 0.6) is 11.5 Å². The number of aryl methyl sites for hydroxylation is 2. The van der Waals surface area contributed by atoms with Gasteiger partial charge in [0, 0.05) is 5.39 Å². The van der Waals surface area contributed by atoms with Gasteiger partial charge >= 0.3 is 5.97 Å². The van der Waals surface area contributed by atoms with E-state index >= 15 is 0 Å². The molecule has 2 aromatic carbocycles. The van der Waals surface area contributed by atoms with Crippen LogP contribution in [0, 0.1) is 20.8 Å². The van der Waals surface area contributed by atoms with Crippen LogP contribution >= 0.6 is 0 Å². The van der Waals surface area contributed by atoms with Gasteiger partial charge in [-0.1, -0.05) is 18.2 Å². The lowest BCUT2D eigenvalue weighted by molar-refractivity contribution is 0.0726. The van der Waals surface area contributed by atoms with E-state index in [0.717, 1.165) is 33.3 Å². The van der Waals surface area contributed by atoms with E-state index in [1.807, 2.05) is 57.2 Å². The van der Waals surface area contributed by atoms with Gasteiger partial charge in [-0.05, 0) is 61.7 Å². The van der Waals surface area contributed by atoms with E-state index in [1.165, 1.54) is 0 Å². The highest BCUT2D eigenvalue weighted by Gasteiger charge is 2.15. The summed E-state index contributed by atoms with van der Waals surface area (Å²) < 4.78 is 10.8. The third-order valence-electron chi connectivity index (χ3n) is 4.17. The molecule has 0 unspecified atom stereocenters. The number of nitrogens with zero attached hydrogens (tertiary/aromatic N) is 1. The minimum Gasteiger partial charge on any atom is -0.497 e. The lowest BCUT2D eigenvalue weighted by Crippen LogP contribution is -2.12. The minimum atomic E-state index is -0.454. The summed E-state index contributed by atoms with van der Waals surface area (Å²) >= 11 is 0. The fraction of sp³-hybridized carbons (Fsp3) is 0.200. The van der Waals surface area contributed by atoms with Gasteiger partial charge in [0.1, 0.15) is 17.2 Å². The second-order valence-corrected chi connectivity index (χ2v) is 5.80. The molecule has 0 atom stereocenters. The third-order valence-corrected chi connectivity index (χ3v) is 4.17. The van der Waals surface area contributed by atoms with Crippen LogP contribution in [0.25, 0.3) is 10.9 Å². The molecule has 3 rings (SSSR count). The number of esters is 1. The maximum Gasteiger partial charge on any atom is 0.362 e. The number of carbonyl (C=O) groups excluding carboxylic acids is 1. The van der Waals surface area contributed by atoms with Crippen LogP contribution in [-0.4, -0.2) is 18.1 Å². The van der Waals surface area contributed by atoms with Crippen molar-refractivity contribution in [2.45, 2.75) is 20.8 Å². The molecule has 0 spiro atoms. The zero-order valence-electron chi connectivity index (χ0n) is 14.2. The van der Waals surface area contributed by atoms with E-state index in [1.54, 1.807) is 13.2 Å². The summed E-state index contributed by atoms with van der Waals surface area (Å²) in [5.74, 6) is 0.909. The number of rotatable bonds is 3. The molecule has 0 aliphatic carbocycles. The predicted octanol–water partition coefficient (Wildman–Crippen LogP) is 4.39. The van der Waals surface area contributed by atoms with Gasteiger partial charge in [-0.2, -0.15) is 0 Å². The van der Waals surface area contributed by atoms with E-state index < -0.39 is 5.97 Å². The van der Waals surface area contributed by atoms with Crippen LogP contribution in [-0.2, 0) is 0 Å². The molecule has 1 aromatic heterocycles. The van der Waals surface area contributed by atoms with Crippen molar-refractivity contribution in [3.8, 4) is 11.5 Å². The van der Waals surface area contributed by atoms with Gasteiger partial charge in [-0.25, -0.2) is 9.78 Å². The Morgan fingerprint density at radius 2 is 1.71 bits per heavy atom. The summed E-state index contributed by atoms with van der Waals surface area (Å²) in [5, 5.41) is 0.911. The first-order chi connectivity index (χ1) is 11.5. The Balaban J connectivity index is 1.93. The quantitative estimate of drug-likeness (QED) is 0.530. The summed E-state index contributed by atoms with van der Waals surface area (Å²) in [6.45, 7) is 5.87. The van der Waals surface area contributed by atoms with Crippen molar-refractivity contribution >= 4 is 16.9 Å². The average molecular weight is 321 g/mol. The number of benzene rings is 2. The Morgan fingerprint density at radius 1 is 0.958 bits per heavy atom. The number of methoxy groups -OCH3 is 1. The molecule has 4 heteroatoms. The number of ether oxygens (including phenoxy) is 2. The molecule has 122 valence electrons. The smallest absolute Gasteiger partial charge is 0.362 e. The Bertz CT molecular complexity index is 932. The highest BCUT2D eigenvalue weighted by Crippen LogP contribution is 2.27. The largest absolute Gasteiger partial charge is 0.497 e. The van der Waals surface area contributed by atoms with Crippen molar-refractivity contribution in [2.75, 3.05) is 7.11 Å². The summed E-state index contributed by atoms with van der Waals surface area (Å²) in [4.78, 5) is 16.9. The normalized spacial score (nSPS) is 10.7. The fourth-order valence-electron chi connectivity index (χ4n) is 2.57. The molecule has 0 saturated heterocycles. The standard InChI is InChI=1S/C20H19NO3/c1-12-5-6-13(2)19(14(12)3)24-20(22)18-9-7-15-11-16(23-4)8-10-17(15)21-18/h5-11H,1-4H3. The first-order valence-corrected chi connectivity index (χ1v) is 7.73. The maximum absolute atomic E-state index is 12.5. The van der Waals surface area contributed by atoms with Crippen LogP contribution < -0.4 is 9.47 Å². The number of hydrogen-bond acceptors (Lipinski definition) is 4. The maximum atomic E-state index is 12.5. The third kappa shape index (κ3) is 2.95. The second-order valence-electron chi connectivity index (χ2n) is 5.80. The molecule has 0 aliphatic heterocycles. The molecule has 0 radical (unpaired) electrons. The molecular weight excluding hydrogens is 302 g/mol. The van der Waals surface area contributed by atoms with Gasteiger partial charge in [0.2, 0.25) is 0 Å². The van der Waals surface area contributed by atoms with Crippen molar-refractivity contribution in [3.63, 3.8) is 0 Å². The van der Waals surface area contributed by atoms with Crippen LogP contribution in [0.3, 0.4) is 0 Å². The fourth-order valence-corrected chi connectivity index (χ4v) is 2.57. The molecule has 3 aromatic rings. The predicted molar refractivity (Wildman–Crippen MR) is 93.9 cm³/mol. The van der Waals surface area contributed by atoms with E-state index in [4.69, 9.17) is 9.47 Å². The molecule has 0 aliphatic rings. The van der Waals surface area contributed by atoms with E-state index in [-0.39, 0.29) is 5.69 Å². The zero-order chi connectivity index (χ0) is 17.3.